The average molecular weight is 638 g/mol. The van der Waals surface area contributed by atoms with Crippen LogP contribution in [0.3, 0.4) is 0 Å². The zero-order chi connectivity index (χ0) is 33.5. The smallest absolute Gasteiger partial charge is 0.407 e. The minimum absolute atomic E-state index is 0.148. The fourth-order valence-corrected chi connectivity index (χ4v) is 5.74. The maximum atomic E-state index is 12.4. The van der Waals surface area contributed by atoms with Crippen molar-refractivity contribution >= 4 is 34.9 Å². The van der Waals surface area contributed by atoms with Gasteiger partial charge in [0, 0.05) is 46.8 Å². The lowest BCUT2D eigenvalue weighted by Gasteiger charge is -2.17. The van der Waals surface area contributed by atoms with Crippen LogP contribution in [0.15, 0.2) is 139 Å². The van der Waals surface area contributed by atoms with Gasteiger partial charge in [-0.05, 0) is 42.5 Å². The predicted octanol–water partition coefficient (Wildman–Crippen LogP) is 7.14. The number of benzene rings is 5. The van der Waals surface area contributed by atoms with Gasteiger partial charge in [-0.1, -0.05) is 66.7 Å². The van der Waals surface area contributed by atoms with Crippen molar-refractivity contribution in [2.24, 2.45) is 0 Å². The molecule has 48 heavy (non-hydrogen) atoms. The molecule has 0 fully saturated rings. The standard InChI is InChI=1S/C40H33N3O5/c1-3-42(26-28-12-6-4-7-13-28)30-18-20-34-36(24-30)48-37-25-31(19-21-35(37)38(34)32-16-10-11-17-33(32)39(44)45)43(22-23-47-40(46)41-2)27-29-14-8-5-9-15-29/h3-21,24-25,27H,1,22-23,26H2,2H3/p+2. The molecule has 1 aliphatic carbocycles. The molecule has 0 aromatic heterocycles. The van der Waals surface area contributed by atoms with E-state index in [1.807, 2.05) is 112 Å². The Bertz CT molecular complexity index is 2190. The number of carboxylic acid groups (broad SMARTS) is 1. The van der Waals surface area contributed by atoms with Gasteiger partial charge < -0.3 is 19.6 Å². The van der Waals surface area contributed by atoms with Gasteiger partial charge in [-0.15, -0.1) is 0 Å². The normalized spacial score (nSPS) is 12.1. The van der Waals surface area contributed by atoms with Crippen molar-refractivity contribution in [2.75, 3.05) is 20.2 Å². The van der Waals surface area contributed by atoms with E-state index < -0.39 is 12.1 Å². The Kier molecular flexibility index (Phi) is 9.53. The van der Waals surface area contributed by atoms with Crippen LogP contribution in [-0.4, -0.2) is 48.2 Å². The molecule has 238 valence electrons. The largest absolute Gasteiger partial charge is 0.478 e. The van der Waals surface area contributed by atoms with E-state index in [2.05, 4.69) is 24.0 Å². The molecular formula is C40H35N3O5+2. The van der Waals surface area contributed by atoms with Crippen LogP contribution in [0.1, 0.15) is 21.5 Å². The van der Waals surface area contributed by atoms with Gasteiger partial charge in [-0.3, -0.25) is 0 Å². The number of alkyl carbamates (subject to hydrolysis) is 1. The number of hydrogen-bond donors (Lipinski definition) is 2. The summed E-state index contributed by atoms with van der Waals surface area (Å²) >= 11 is 0. The Morgan fingerprint density at radius 3 is 2.33 bits per heavy atom. The molecule has 0 spiro atoms. The SMILES string of the molecule is C=C[N+](Cc1ccccc1)=c1ccc2c(-c3ccccc3C(=O)O)c3ccc([N+](=Cc4ccccc4)CCOC(=O)NC)cc3oc-2c1. The molecule has 1 amide bonds. The minimum atomic E-state index is -1.01. The van der Waals surface area contributed by atoms with E-state index in [0.29, 0.717) is 30.0 Å². The van der Waals surface area contributed by atoms with Gasteiger partial charge in [0.2, 0.25) is 11.0 Å². The van der Waals surface area contributed by atoms with Crippen molar-refractivity contribution < 1.29 is 28.4 Å². The summed E-state index contributed by atoms with van der Waals surface area (Å²) in [6.07, 6.45) is 3.26. The first-order chi connectivity index (χ1) is 23.4. The topological polar surface area (TPSA) is 94.8 Å². The van der Waals surface area contributed by atoms with Gasteiger partial charge in [0.05, 0.1) is 17.7 Å². The summed E-state index contributed by atoms with van der Waals surface area (Å²) in [5.74, 6) is -0.421. The number of aromatic carboxylic acids is 1. The Morgan fingerprint density at radius 1 is 0.875 bits per heavy atom. The van der Waals surface area contributed by atoms with Crippen molar-refractivity contribution in [2.45, 2.75) is 6.54 Å². The quantitative estimate of drug-likeness (QED) is 0.0947. The molecular weight excluding hydrogens is 602 g/mol. The lowest BCUT2D eigenvalue weighted by Crippen LogP contribution is -2.24. The highest BCUT2D eigenvalue weighted by atomic mass is 16.5. The molecule has 8 nitrogen and oxygen atoms in total. The van der Waals surface area contributed by atoms with Crippen LogP contribution in [0.25, 0.3) is 33.4 Å². The van der Waals surface area contributed by atoms with E-state index in [0.717, 1.165) is 38.7 Å². The Labute approximate surface area is 278 Å². The van der Waals surface area contributed by atoms with Gasteiger partial charge >= 0.3 is 12.1 Å². The first kappa shape index (κ1) is 31.7. The lowest BCUT2D eigenvalue weighted by atomic mass is 9.90. The molecule has 1 heterocycles. The summed E-state index contributed by atoms with van der Waals surface area (Å²) < 4.78 is 16.0. The molecule has 8 heteroatoms. The van der Waals surface area contributed by atoms with E-state index >= 15 is 0 Å². The number of carboxylic acids is 1. The van der Waals surface area contributed by atoms with E-state index in [1.165, 1.54) is 7.05 Å². The van der Waals surface area contributed by atoms with Gasteiger partial charge in [-0.2, -0.15) is 9.15 Å². The number of hydrogen-bond acceptors (Lipinski definition) is 4. The van der Waals surface area contributed by atoms with Crippen LogP contribution >= 0.6 is 0 Å². The molecule has 0 radical (unpaired) electrons. The Balaban J connectivity index is 1.57. The number of fused-ring (bicyclic) bond motifs is 2. The van der Waals surface area contributed by atoms with Crippen LogP contribution in [0.2, 0.25) is 0 Å². The number of carbonyl (C=O) groups excluding carboxylic acids is 1. The number of amides is 1. The highest BCUT2D eigenvalue weighted by Gasteiger charge is 2.24. The number of nitrogens with zero attached hydrogens (tertiary/aromatic N) is 2. The van der Waals surface area contributed by atoms with Crippen LogP contribution in [0.5, 0.6) is 0 Å². The number of carbonyl (C=O) groups is 2. The molecule has 0 saturated carbocycles. The maximum Gasteiger partial charge on any atom is 0.407 e. The summed E-state index contributed by atoms with van der Waals surface area (Å²) in [5.41, 5.74) is 5.80. The van der Waals surface area contributed by atoms with Crippen molar-refractivity contribution in [3.8, 4) is 22.5 Å². The maximum absolute atomic E-state index is 12.4. The van der Waals surface area contributed by atoms with Crippen LogP contribution in [0.4, 0.5) is 10.5 Å². The summed E-state index contributed by atoms with van der Waals surface area (Å²) in [5, 5.41) is 14.3. The average Bonchev–Trinajstić information content (AvgIpc) is 3.12. The highest BCUT2D eigenvalue weighted by Crippen LogP contribution is 2.42. The molecule has 0 atom stereocenters. The first-order valence-electron chi connectivity index (χ1n) is 15.6. The molecule has 2 aliphatic rings. The Morgan fingerprint density at radius 2 is 1.60 bits per heavy atom. The summed E-state index contributed by atoms with van der Waals surface area (Å²) in [7, 11) is 1.52. The molecule has 2 N–H and O–H groups in total. The van der Waals surface area contributed by atoms with E-state index in [1.54, 1.807) is 18.3 Å². The van der Waals surface area contributed by atoms with E-state index in [4.69, 9.17) is 9.15 Å². The number of ether oxygens (including phenoxy) is 1. The van der Waals surface area contributed by atoms with Crippen molar-refractivity contribution in [1.82, 2.24) is 9.89 Å². The predicted molar refractivity (Wildman–Crippen MR) is 188 cm³/mol. The number of rotatable bonds is 10. The molecule has 4 aromatic carbocycles. The van der Waals surface area contributed by atoms with Crippen LogP contribution < -0.4 is 15.2 Å². The zero-order valence-electron chi connectivity index (χ0n) is 26.5. The van der Waals surface area contributed by atoms with Crippen LogP contribution in [-0.2, 0) is 11.3 Å². The van der Waals surface area contributed by atoms with E-state index in [-0.39, 0.29) is 12.2 Å². The fourth-order valence-electron chi connectivity index (χ4n) is 5.74. The van der Waals surface area contributed by atoms with Gasteiger partial charge in [0.1, 0.15) is 11.3 Å². The summed E-state index contributed by atoms with van der Waals surface area (Å²) in [4.78, 5) is 24.2. The third-order valence-electron chi connectivity index (χ3n) is 8.07. The van der Waals surface area contributed by atoms with Crippen LogP contribution in [0, 0.1) is 0 Å². The minimum Gasteiger partial charge on any atom is -0.478 e. The third kappa shape index (κ3) is 6.93. The van der Waals surface area contributed by atoms with Gasteiger partial charge in [-0.25, -0.2) is 9.59 Å². The summed E-state index contributed by atoms with van der Waals surface area (Å²) in [6.45, 7) is 5.20. The van der Waals surface area contributed by atoms with Gasteiger partial charge in [0.25, 0.3) is 0 Å². The second-order valence-electron chi connectivity index (χ2n) is 11.1. The zero-order valence-corrected chi connectivity index (χ0v) is 26.5. The monoisotopic (exact) mass is 637 g/mol. The Hall–Kier alpha value is -6.28. The second-order valence-corrected chi connectivity index (χ2v) is 11.1. The second kappa shape index (κ2) is 14.4. The highest BCUT2D eigenvalue weighted by molar-refractivity contribution is 6.07. The van der Waals surface area contributed by atoms with E-state index in [9.17, 15) is 14.7 Å². The van der Waals surface area contributed by atoms with Crippen molar-refractivity contribution in [1.29, 1.82) is 0 Å². The first-order valence-corrected chi connectivity index (χ1v) is 15.6. The van der Waals surface area contributed by atoms with Crippen molar-refractivity contribution in [3.05, 3.63) is 156 Å². The molecule has 0 bridgehead atoms. The van der Waals surface area contributed by atoms with Gasteiger partial charge in [0.15, 0.2) is 32.1 Å². The molecule has 4 aromatic rings. The third-order valence-corrected chi connectivity index (χ3v) is 8.07. The lowest BCUT2D eigenvalue weighted by molar-refractivity contribution is -0.438. The van der Waals surface area contributed by atoms with Crippen molar-refractivity contribution in [3.63, 3.8) is 0 Å². The summed E-state index contributed by atoms with van der Waals surface area (Å²) in [6, 6.07) is 38.8. The number of nitrogens with one attached hydrogen (secondary N) is 1. The molecule has 0 saturated heterocycles. The molecule has 1 aliphatic heterocycles. The fraction of sp³-hybridized carbons (Fsp3) is 0.100. The molecule has 0 unspecified atom stereocenters. The molecule has 6 rings (SSSR count).